The van der Waals surface area contributed by atoms with Crippen LogP contribution < -0.4 is 5.32 Å². The first-order valence-electron chi connectivity index (χ1n) is 6.05. The van der Waals surface area contributed by atoms with Gasteiger partial charge in [-0.15, -0.1) is 0 Å². The summed E-state index contributed by atoms with van der Waals surface area (Å²) >= 11 is 0. The summed E-state index contributed by atoms with van der Waals surface area (Å²) in [6, 6.07) is 8.23. The van der Waals surface area contributed by atoms with Crippen molar-refractivity contribution in [3.63, 3.8) is 0 Å². The molecule has 1 saturated carbocycles. The van der Waals surface area contributed by atoms with Crippen LogP contribution in [-0.2, 0) is 15.6 Å². The Morgan fingerprint density at radius 1 is 1.29 bits per heavy atom. The molecule has 3 nitrogen and oxygen atoms in total. The van der Waals surface area contributed by atoms with Crippen molar-refractivity contribution >= 4 is 9.84 Å². The van der Waals surface area contributed by atoms with Gasteiger partial charge in [-0.1, -0.05) is 24.3 Å². The highest BCUT2D eigenvalue weighted by atomic mass is 32.2. The zero-order valence-corrected chi connectivity index (χ0v) is 11.0. The fourth-order valence-electron chi connectivity index (χ4n) is 1.79. The average molecular weight is 253 g/mol. The van der Waals surface area contributed by atoms with Gasteiger partial charge in [-0.3, -0.25) is 0 Å². The van der Waals surface area contributed by atoms with E-state index in [-0.39, 0.29) is 11.5 Å². The Bertz CT molecular complexity index is 478. The second-order valence-corrected chi connectivity index (χ2v) is 6.93. The summed E-state index contributed by atoms with van der Waals surface area (Å²) < 4.78 is 23.8. The van der Waals surface area contributed by atoms with Crippen molar-refractivity contribution in [3.8, 4) is 0 Å². The quantitative estimate of drug-likeness (QED) is 0.838. The van der Waals surface area contributed by atoms with Crippen LogP contribution in [0.2, 0.25) is 0 Å². The van der Waals surface area contributed by atoms with Crippen molar-refractivity contribution in [2.45, 2.75) is 31.6 Å². The molecule has 0 atom stereocenters. The van der Waals surface area contributed by atoms with E-state index in [1.165, 1.54) is 12.8 Å². The van der Waals surface area contributed by atoms with Crippen LogP contribution in [0.1, 0.15) is 24.0 Å². The molecule has 0 radical (unpaired) electrons. The predicted octanol–water partition coefficient (Wildman–Crippen LogP) is 1.66. The SMILES string of the molecule is Cc1ccccc1CS(=O)(=O)CCNC1CC1. The summed E-state index contributed by atoms with van der Waals surface area (Å²) in [6.07, 6.45) is 2.38. The molecule has 0 spiro atoms. The minimum atomic E-state index is -2.99. The summed E-state index contributed by atoms with van der Waals surface area (Å²) in [5, 5.41) is 3.23. The molecule has 0 bridgehead atoms. The van der Waals surface area contributed by atoms with Gasteiger partial charge in [0.1, 0.15) is 0 Å². The Morgan fingerprint density at radius 2 is 2.00 bits per heavy atom. The average Bonchev–Trinajstić information content (AvgIpc) is 3.05. The minimum Gasteiger partial charge on any atom is -0.313 e. The molecule has 1 aliphatic rings. The van der Waals surface area contributed by atoms with Gasteiger partial charge in [0.25, 0.3) is 0 Å². The van der Waals surface area contributed by atoms with Crippen molar-refractivity contribution in [2.75, 3.05) is 12.3 Å². The molecule has 0 aromatic heterocycles. The lowest BCUT2D eigenvalue weighted by Crippen LogP contribution is -2.25. The van der Waals surface area contributed by atoms with E-state index >= 15 is 0 Å². The zero-order valence-electron chi connectivity index (χ0n) is 10.1. The third kappa shape index (κ3) is 4.13. The van der Waals surface area contributed by atoms with E-state index in [0.29, 0.717) is 12.6 Å². The highest BCUT2D eigenvalue weighted by Gasteiger charge is 2.21. The molecule has 1 aromatic rings. The first-order chi connectivity index (χ1) is 8.07. The smallest absolute Gasteiger partial charge is 0.155 e. The van der Waals surface area contributed by atoms with E-state index < -0.39 is 9.84 Å². The van der Waals surface area contributed by atoms with Gasteiger partial charge in [-0.05, 0) is 30.9 Å². The van der Waals surface area contributed by atoms with Crippen LogP contribution in [0.4, 0.5) is 0 Å². The van der Waals surface area contributed by atoms with E-state index in [9.17, 15) is 8.42 Å². The topological polar surface area (TPSA) is 46.2 Å². The van der Waals surface area contributed by atoms with Crippen molar-refractivity contribution in [1.29, 1.82) is 0 Å². The molecule has 94 valence electrons. The number of hydrogen-bond acceptors (Lipinski definition) is 3. The maximum absolute atomic E-state index is 11.9. The summed E-state index contributed by atoms with van der Waals surface area (Å²) in [6.45, 7) is 2.53. The lowest BCUT2D eigenvalue weighted by atomic mass is 10.1. The Morgan fingerprint density at radius 3 is 2.65 bits per heavy atom. The molecule has 1 fully saturated rings. The second kappa shape index (κ2) is 5.19. The Labute approximate surface area is 103 Å². The molecule has 1 N–H and O–H groups in total. The van der Waals surface area contributed by atoms with Gasteiger partial charge < -0.3 is 5.32 Å². The molecular formula is C13H19NO2S. The first-order valence-corrected chi connectivity index (χ1v) is 7.87. The monoisotopic (exact) mass is 253 g/mol. The molecule has 0 amide bonds. The summed E-state index contributed by atoms with van der Waals surface area (Å²) in [5.74, 6) is 0.393. The van der Waals surface area contributed by atoms with Crippen molar-refractivity contribution in [3.05, 3.63) is 35.4 Å². The fourth-order valence-corrected chi connectivity index (χ4v) is 3.16. The molecule has 0 saturated heterocycles. The zero-order chi connectivity index (χ0) is 12.3. The molecule has 1 aromatic carbocycles. The molecule has 0 unspecified atom stereocenters. The van der Waals surface area contributed by atoms with Gasteiger partial charge in [-0.2, -0.15) is 0 Å². The van der Waals surface area contributed by atoms with E-state index in [1.807, 2.05) is 31.2 Å². The minimum absolute atomic E-state index is 0.159. The molecule has 17 heavy (non-hydrogen) atoms. The highest BCUT2D eigenvalue weighted by molar-refractivity contribution is 7.90. The third-order valence-electron chi connectivity index (χ3n) is 3.06. The molecule has 4 heteroatoms. The van der Waals surface area contributed by atoms with Crippen LogP contribution in [0.15, 0.2) is 24.3 Å². The van der Waals surface area contributed by atoms with Crippen LogP contribution in [0.3, 0.4) is 0 Å². The summed E-state index contributed by atoms with van der Waals surface area (Å²) in [4.78, 5) is 0. The van der Waals surface area contributed by atoms with Crippen LogP contribution in [0.5, 0.6) is 0 Å². The third-order valence-corrected chi connectivity index (χ3v) is 4.64. The molecular weight excluding hydrogens is 234 g/mol. The normalized spacial score (nSPS) is 16.1. The van der Waals surface area contributed by atoms with Crippen molar-refractivity contribution < 1.29 is 8.42 Å². The standard InChI is InChI=1S/C13H19NO2S/c1-11-4-2-3-5-12(11)10-17(15,16)9-8-14-13-6-7-13/h2-5,13-14H,6-10H2,1H3. The second-order valence-electron chi connectivity index (χ2n) is 4.75. The van der Waals surface area contributed by atoms with Crippen LogP contribution >= 0.6 is 0 Å². The molecule has 0 aliphatic heterocycles. The number of benzene rings is 1. The van der Waals surface area contributed by atoms with E-state index in [2.05, 4.69) is 5.32 Å². The fraction of sp³-hybridized carbons (Fsp3) is 0.538. The number of rotatable bonds is 6. The Balaban J connectivity index is 1.89. The largest absolute Gasteiger partial charge is 0.313 e. The lowest BCUT2D eigenvalue weighted by molar-refractivity contribution is 0.589. The van der Waals surface area contributed by atoms with Crippen molar-refractivity contribution in [2.24, 2.45) is 0 Å². The number of nitrogens with one attached hydrogen (secondary N) is 1. The van der Waals surface area contributed by atoms with E-state index in [0.717, 1.165) is 11.1 Å². The van der Waals surface area contributed by atoms with Gasteiger partial charge in [0, 0.05) is 12.6 Å². The van der Waals surface area contributed by atoms with Gasteiger partial charge in [0.2, 0.25) is 0 Å². The maximum atomic E-state index is 11.9. The Kier molecular flexibility index (Phi) is 3.84. The van der Waals surface area contributed by atoms with Gasteiger partial charge in [0.15, 0.2) is 9.84 Å². The Hall–Kier alpha value is -0.870. The van der Waals surface area contributed by atoms with Crippen LogP contribution in [0.25, 0.3) is 0 Å². The summed E-state index contributed by atoms with van der Waals surface area (Å²) in [5.41, 5.74) is 1.96. The molecule has 2 rings (SSSR count). The number of aryl methyl sites for hydroxylation is 1. The van der Waals surface area contributed by atoms with Gasteiger partial charge in [-0.25, -0.2) is 8.42 Å². The van der Waals surface area contributed by atoms with E-state index in [4.69, 9.17) is 0 Å². The van der Waals surface area contributed by atoms with E-state index in [1.54, 1.807) is 0 Å². The lowest BCUT2D eigenvalue weighted by Gasteiger charge is -2.07. The van der Waals surface area contributed by atoms with Crippen molar-refractivity contribution in [1.82, 2.24) is 5.32 Å². The van der Waals surface area contributed by atoms with Crippen LogP contribution in [-0.4, -0.2) is 26.8 Å². The predicted molar refractivity (Wildman–Crippen MR) is 69.7 cm³/mol. The van der Waals surface area contributed by atoms with Crippen LogP contribution in [0, 0.1) is 6.92 Å². The first kappa shape index (κ1) is 12.6. The van der Waals surface area contributed by atoms with Gasteiger partial charge >= 0.3 is 0 Å². The molecule has 0 heterocycles. The number of sulfone groups is 1. The highest BCUT2D eigenvalue weighted by Crippen LogP contribution is 2.18. The maximum Gasteiger partial charge on any atom is 0.155 e. The number of hydrogen-bond donors (Lipinski definition) is 1. The molecule has 1 aliphatic carbocycles. The summed E-state index contributed by atoms with van der Waals surface area (Å²) in [7, 11) is -2.99. The van der Waals surface area contributed by atoms with Gasteiger partial charge in [0.05, 0.1) is 11.5 Å².